The van der Waals surface area contributed by atoms with Gasteiger partial charge in [0.05, 0.1) is 30.0 Å². The number of aromatic amines is 1. The predicted octanol–water partition coefficient (Wildman–Crippen LogP) is 0.709. The average molecular weight is 609 g/mol. The SMILES string of the molecule is BC(B)(B)n1ncc2c(Nc3cc(C)[nH]n3)nc([C@H]3CC[C@](OC)(C(=O)N[C@@H](C)c4ccc(-n5cc(F)cn5)nc4)CC3)nc21. The predicted molar refractivity (Wildman–Crippen MR) is 174 cm³/mol. The first-order chi connectivity index (χ1) is 21.5. The Morgan fingerprint density at radius 1 is 1.18 bits per heavy atom. The molecule has 5 heterocycles. The topological polar surface area (TPSA) is 153 Å². The highest BCUT2D eigenvalue weighted by Gasteiger charge is 2.43. The summed E-state index contributed by atoms with van der Waals surface area (Å²) >= 11 is 0. The van der Waals surface area contributed by atoms with E-state index in [-0.39, 0.29) is 23.1 Å². The maximum Gasteiger partial charge on any atom is 0.252 e. The third kappa shape index (κ3) is 6.08. The number of ether oxygens (including phenoxy) is 1. The molecule has 17 heteroatoms. The Morgan fingerprint density at radius 2 is 1.96 bits per heavy atom. The number of aromatic nitrogens is 9. The Hall–Kier alpha value is -4.53. The highest BCUT2D eigenvalue weighted by Crippen LogP contribution is 2.40. The van der Waals surface area contributed by atoms with Crippen LogP contribution >= 0.6 is 0 Å². The number of pyridine rings is 1. The summed E-state index contributed by atoms with van der Waals surface area (Å²) in [5.74, 6) is 1.90. The molecule has 5 aromatic rings. The number of H-pyrrole nitrogens is 1. The lowest BCUT2D eigenvalue weighted by Crippen LogP contribution is -2.50. The minimum absolute atomic E-state index is 0.0246. The van der Waals surface area contributed by atoms with Crippen molar-refractivity contribution in [3.63, 3.8) is 0 Å². The summed E-state index contributed by atoms with van der Waals surface area (Å²) in [5, 5.41) is 22.8. The second kappa shape index (κ2) is 11.8. The van der Waals surface area contributed by atoms with Crippen LogP contribution in [0.5, 0.6) is 0 Å². The normalized spacial score (nSPS) is 19.4. The number of hydrogen-bond donors (Lipinski definition) is 3. The lowest BCUT2D eigenvalue weighted by Gasteiger charge is -2.38. The van der Waals surface area contributed by atoms with Crippen LogP contribution in [0.4, 0.5) is 16.0 Å². The van der Waals surface area contributed by atoms with Gasteiger partial charge in [-0.2, -0.15) is 15.3 Å². The summed E-state index contributed by atoms with van der Waals surface area (Å²) in [6, 6.07) is 5.18. The van der Waals surface area contributed by atoms with E-state index in [4.69, 9.17) is 14.7 Å². The van der Waals surface area contributed by atoms with Crippen molar-refractivity contribution in [2.24, 2.45) is 0 Å². The minimum Gasteiger partial charge on any atom is -0.368 e. The molecule has 1 saturated carbocycles. The van der Waals surface area contributed by atoms with E-state index in [0.29, 0.717) is 49.0 Å². The first-order valence-electron chi connectivity index (χ1n) is 15.0. The molecule has 6 rings (SSSR count). The molecule has 3 N–H and O–H groups in total. The number of amides is 1. The van der Waals surface area contributed by atoms with E-state index in [1.807, 2.05) is 30.7 Å². The van der Waals surface area contributed by atoms with Gasteiger partial charge >= 0.3 is 0 Å². The van der Waals surface area contributed by atoms with Gasteiger partial charge in [-0.25, -0.2) is 24.0 Å². The van der Waals surface area contributed by atoms with Gasteiger partial charge in [0.2, 0.25) is 0 Å². The molecule has 1 amide bonds. The summed E-state index contributed by atoms with van der Waals surface area (Å²) in [6.07, 6.45) is 8.18. The molecule has 0 spiro atoms. The van der Waals surface area contributed by atoms with Crippen LogP contribution in [0, 0.1) is 12.7 Å². The van der Waals surface area contributed by atoms with E-state index in [2.05, 4.69) is 59.6 Å². The molecular weight excluding hydrogens is 574 g/mol. The number of carbonyl (C=O) groups excluding carboxylic acids is 1. The largest absolute Gasteiger partial charge is 0.368 e. The third-order valence-corrected chi connectivity index (χ3v) is 8.40. The number of methoxy groups -OCH3 is 1. The van der Waals surface area contributed by atoms with Gasteiger partial charge in [0.1, 0.15) is 40.8 Å². The number of nitrogens with one attached hydrogen (secondary N) is 3. The molecule has 5 aromatic heterocycles. The number of nitrogens with zero attached hydrogens (tertiary/aromatic N) is 8. The summed E-state index contributed by atoms with van der Waals surface area (Å²) in [6.45, 7) is 3.84. The zero-order valence-corrected chi connectivity index (χ0v) is 26.3. The maximum atomic E-state index is 13.6. The van der Waals surface area contributed by atoms with Gasteiger partial charge in [0, 0.05) is 31.0 Å². The number of hydrogen-bond acceptors (Lipinski definition) is 9. The van der Waals surface area contributed by atoms with Crippen molar-refractivity contribution in [1.82, 2.24) is 50.0 Å². The van der Waals surface area contributed by atoms with Gasteiger partial charge in [-0.05, 0) is 56.4 Å². The summed E-state index contributed by atoms with van der Waals surface area (Å²) in [5.41, 5.74) is 1.51. The molecule has 0 aliphatic heterocycles. The van der Waals surface area contributed by atoms with Crippen LogP contribution in [0.2, 0.25) is 0 Å². The van der Waals surface area contributed by atoms with Crippen LogP contribution in [-0.4, -0.2) is 86.9 Å². The number of aryl methyl sites for hydroxylation is 1. The van der Waals surface area contributed by atoms with Crippen molar-refractivity contribution in [2.75, 3.05) is 12.4 Å². The highest BCUT2D eigenvalue weighted by atomic mass is 19.1. The van der Waals surface area contributed by atoms with E-state index in [9.17, 15) is 9.18 Å². The molecule has 0 saturated heterocycles. The van der Waals surface area contributed by atoms with Crippen molar-refractivity contribution in [3.05, 3.63) is 65.9 Å². The molecule has 1 aliphatic carbocycles. The van der Waals surface area contributed by atoms with Crippen LogP contribution in [0.3, 0.4) is 0 Å². The molecule has 1 atom stereocenters. The molecule has 0 aromatic carbocycles. The summed E-state index contributed by atoms with van der Waals surface area (Å²) in [7, 11) is 7.85. The molecule has 0 radical (unpaired) electrons. The van der Waals surface area contributed by atoms with Crippen LogP contribution in [0.1, 0.15) is 61.6 Å². The second-order valence-corrected chi connectivity index (χ2v) is 12.7. The second-order valence-electron chi connectivity index (χ2n) is 12.7. The Balaban J connectivity index is 1.19. The third-order valence-electron chi connectivity index (χ3n) is 8.40. The molecule has 1 aliphatic rings. The van der Waals surface area contributed by atoms with Gasteiger partial charge in [0.15, 0.2) is 23.1 Å². The molecule has 13 nitrogen and oxygen atoms in total. The standard InChI is InChI=1S/C28H35B3FN11O2/c1-15-10-21(41-40-15)37-24-20-13-35-43(28(29,30)31)25(20)39-23(38-24)17-6-8-27(45-3,9-7-17)26(44)36-16(2)18-4-5-22(33-11-18)42-14-19(32)12-34-42/h4-5,10-14,16-17H,6-9,29-31H2,1-3H3,(H,36,44)(H2,37,38,39,40,41)/t16-,17-,27+/m0/s1. The van der Waals surface area contributed by atoms with Crippen LogP contribution in [-0.2, 0) is 14.8 Å². The zero-order chi connectivity index (χ0) is 31.9. The van der Waals surface area contributed by atoms with Gasteiger partial charge in [-0.15, -0.1) is 0 Å². The van der Waals surface area contributed by atoms with Gasteiger partial charge in [-0.3, -0.25) is 14.6 Å². The average Bonchev–Trinajstić information content (AvgIpc) is 3.76. The number of halogens is 1. The van der Waals surface area contributed by atoms with E-state index in [1.165, 1.54) is 10.9 Å². The lowest BCUT2D eigenvalue weighted by atomic mass is 9.49. The minimum atomic E-state index is -0.977. The number of anilines is 2. The molecule has 230 valence electrons. The van der Waals surface area contributed by atoms with Gasteiger partial charge < -0.3 is 15.4 Å². The zero-order valence-electron chi connectivity index (χ0n) is 26.3. The molecule has 1 fully saturated rings. The fourth-order valence-corrected chi connectivity index (χ4v) is 5.79. The molecule has 0 bridgehead atoms. The fraction of sp³-hybridized carbons (Fsp3) is 0.393. The summed E-state index contributed by atoms with van der Waals surface area (Å²) in [4.78, 5) is 28.0. The van der Waals surface area contributed by atoms with Crippen molar-refractivity contribution >= 4 is 52.1 Å². The smallest absolute Gasteiger partial charge is 0.252 e. The maximum absolute atomic E-state index is 13.6. The first kappa shape index (κ1) is 30.5. The molecule has 45 heavy (non-hydrogen) atoms. The number of carbonyl (C=O) groups is 1. The Bertz CT molecular complexity index is 1830. The van der Waals surface area contributed by atoms with Crippen LogP contribution in [0.15, 0.2) is 43.0 Å². The Labute approximate surface area is 262 Å². The highest BCUT2D eigenvalue weighted by molar-refractivity contribution is 6.56. The van der Waals surface area contributed by atoms with Crippen molar-refractivity contribution in [2.45, 2.75) is 62.3 Å². The molecular formula is C28H35B3FN11O2. The number of rotatable bonds is 9. The quantitative estimate of drug-likeness (QED) is 0.205. The fourth-order valence-electron chi connectivity index (χ4n) is 5.79. The van der Waals surface area contributed by atoms with Crippen LogP contribution < -0.4 is 10.6 Å². The van der Waals surface area contributed by atoms with Gasteiger partial charge in [0.25, 0.3) is 5.91 Å². The monoisotopic (exact) mass is 609 g/mol. The Kier molecular flexibility index (Phi) is 7.97. The van der Waals surface area contributed by atoms with Crippen molar-refractivity contribution < 1.29 is 13.9 Å². The van der Waals surface area contributed by atoms with Crippen molar-refractivity contribution in [1.29, 1.82) is 0 Å². The number of fused-ring (bicyclic) bond motifs is 1. The lowest BCUT2D eigenvalue weighted by molar-refractivity contribution is -0.148. The first-order valence-corrected chi connectivity index (χ1v) is 15.0. The van der Waals surface area contributed by atoms with Crippen molar-refractivity contribution in [3.8, 4) is 5.82 Å². The Morgan fingerprint density at radius 3 is 2.56 bits per heavy atom. The van der Waals surface area contributed by atoms with E-state index in [0.717, 1.165) is 28.5 Å². The van der Waals surface area contributed by atoms with E-state index >= 15 is 0 Å². The van der Waals surface area contributed by atoms with E-state index in [1.54, 1.807) is 25.6 Å². The van der Waals surface area contributed by atoms with E-state index < -0.39 is 11.4 Å². The van der Waals surface area contributed by atoms with Crippen LogP contribution in [0.25, 0.3) is 16.9 Å². The summed E-state index contributed by atoms with van der Waals surface area (Å²) < 4.78 is 22.5. The molecule has 0 unspecified atom stereocenters. The van der Waals surface area contributed by atoms with Gasteiger partial charge in [-0.1, -0.05) is 6.07 Å².